The van der Waals surface area contributed by atoms with Gasteiger partial charge >= 0.3 is 0 Å². The molecule has 34 heavy (non-hydrogen) atoms. The van der Waals surface area contributed by atoms with Gasteiger partial charge in [0, 0.05) is 23.7 Å². The van der Waals surface area contributed by atoms with Crippen LogP contribution >= 0.6 is 0 Å². The molecule has 0 saturated heterocycles. The van der Waals surface area contributed by atoms with E-state index in [0.29, 0.717) is 0 Å². The predicted molar refractivity (Wildman–Crippen MR) is 131 cm³/mol. The van der Waals surface area contributed by atoms with Crippen molar-refractivity contribution >= 4 is 26.7 Å². The van der Waals surface area contributed by atoms with Crippen molar-refractivity contribution in [3.8, 4) is 11.3 Å². The van der Waals surface area contributed by atoms with Crippen LogP contribution < -0.4 is 4.72 Å². The lowest BCUT2D eigenvalue weighted by Gasteiger charge is -2.17. The Morgan fingerprint density at radius 1 is 1.09 bits per heavy atom. The highest BCUT2D eigenvalue weighted by molar-refractivity contribution is 7.90. The van der Waals surface area contributed by atoms with Crippen molar-refractivity contribution in [1.82, 2.24) is 24.1 Å². The minimum absolute atomic E-state index is 0.0546. The van der Waals surface area contributed by atoms with Crippen molar-refractivity contribution < 1.29 is 13.5 Å². The molecule has 3 aromatic heterocycles. The molecule has 0 radical (unpaired) electrons. The van der Waals surface area contributed by atoms with Gasteiger partial charge in [0.1, 0.15) is 5.82 Å². The van der Waals surface area contributed by atoms with Gasteiger partial charge in [0.05, 0.1) is 33.8 Å². The third-order valence-corrected chi connectivity index (χ3v) is 9.17. The summed E-state index contributed by atoms with van der Waals surface area (Å²) in [6.07, 6.45) is 7.67. The summed E-state index contributed by atoms with van der Waals surface area (Å²) in [5.74, 6) is 1.08. The summed E-state index contributed by atoms with van der Waals surface area (Å²) in [5.41, 5.74) is 4.39. The van der Waals surface area contributed by atoms with E-state index in [-0.39, 0.29) is 17.2 Å². The van der Waals surface area contributed by atoms with Crippen LogP contribution in [0.2, 0.25) is 0 Å². The minimum Gasteiger partial charge on any atom is -0.386 e. The first-order valence-corrected chi connectivity index (χ1v) is 13.4. The molecule has 2 atom stereocenters. The molecule has 3 N–H and O–H groups in total. The smallest absolute Gasteiger partial charge is 0.214 e. The molecule has 0 spiro atoms. The molecular formula is C25H29N5O3S. The van der Waals surface area contributed by atoms with Crippen molar-refractivity contribution in [1.29, 1.82) is 0 Å². The average Bonchev–Trinajstić information content (AvgIpc) is 3.22. The quantitative estimate of drug-likeness (QED) is 0.389. The third kappa shape index (κ3) is 3.72. The molecule has 178 valence electrons. The summed E-state index contributed by atoms with van der Waals surface area (Å²) in [6, 6.07) is 9.79. The Hall–Kier alpha value is -2.75. The number of aliphatic hydroxyl groups is 1. The molecule has 1 aromatic carbocycles. The molecule has 0 unspecified atom stereocenters. The highest BCUT2D eigenvalue weighted by atomic mass is 32.2. The van der Waals surface area contributed by atoms with E-state index in [0.717, 1.165) is 71.4 Å². The summed E-state index contributed by atoms with van der Waals surface area (Å²) >= 11 is 0. The maximum atomic E-state index is 12.5. The van der Waals surface area contributed by atoms with E-state index in [2.05, 4.69) is 19.1 Å². The Kier molecular flexibility index (Phi) is 4.88. The van der Waals surface area contributed by atoms with Crippen LogP contribution in [0.4, 0.5) is 0 Å². The van der Waals surface area contributed by atoms with Crippen molar-refractivity contribution in [3.05, 3.63) is 54.1 Å². The number of fused-ring (bicyclic) bond motifs is 3. The van der Waals surface area contributed by atoms with Gasteiger partial charge in [0.2, 0.25) is 10.0 Å². The Morgan fingerprint density at radius 2 is 1.85 bits per heavy atom. The van der Waals surface area contributed by atoms with Crippen LogP contribution in [0.5, 0.6) is 0 Å². The van der Waals surface area contributed by atoms with Crippen LogP contribution in [0, 0.1) is 0 Å². The standard InChI is InChI=1S/C25H29N5O3S/c1-25(2,31)17-6-3-15(4-7-17)22-21-14-27-23-20(11-12-26-23)30(21)24(28-22)16-5-8-18(13-16)29-34(32,33)19-9-10-19/h3-4,6-7,11-12,14,16,18-19,26,29,31H,5,8-10,13H2,1-2H3/t16-,18+/m1/s1. The van der Waals surface area contributed by atoms with Crippen LogP contribution in [0.15, 0.2) is 42.7 Å². The second-order valence-corrected chi connectivity index (χ2v) is 12.2. The van der Waals surface area contributed by atoms with E-state index in [1.54, 1.807) is 13.8 Å². The van der Waals surface area contributed by atoms with Crippen LogP contribution in [0.25, 0.3) is 27.9 Å². The first-order chi connectivity index (χ1) is 16.2. The van der Waals surface area contributed by atoms with Gasteiger partial charge in [0.15, 0.2) is 5.65 Å². The molecule has 3 heterocycles. The lowest BCUT2D eigenvalue weighted by Crippen LogP contribution is -2.35. The molecule has 2 aliphatic carbocycles. The fourth-order valence-electron chi connectivity index (χ4n) is 5.14. The number of benzene rings is 1. The van der Waals surface area contributed by atoms with Crippen LogP contribution in [-0.2, 0) is 15.6 Å². The number of aromatic nitrogens is 4. The summed E-state index contributed by atoms with van der Waals surface area (Å²) in [4.78, 5) is 12.9. The monoisotopic (exact) mass is 479 g/mol. The van der Waals surface area contributed by atoms with E-state index in [4.69, 9.17) is 4.98 Å². The highest BCUT2D eigenvalue weighted by Gasteiger charge is 2.39. The lowest BCUT2D eigenvalue weighted by molar-refractivity contribution is 0.0786. The Balaban J connectivity index is 1.40. The van der Waals surface area contributed by atoms with Gasteiger partial charge in [-0.3, -0.25) is 4.40 Å². The second-order valence-electron chi connectivity index (χ2n) is 10.2. The topological polar surface area (TPSA) is 112 Å². The Labute approximate surface area is 198 Å². The van der Waals surface area contributed by atoms with Gasteiger partial charge in [-0.1, -0.05) is 24.3 Å². The van der Waals surface area contributed by atoms with Gasteiger partial charge in [-0.2, -0.15) is 0 Å². The van der Waals surface area contributed by atoms with Crippen molar-refractivity contribution in [2.45, 2.75) is 68.8 Å². The molecule has 0 bridgehead atoms. The molecular weight excluding hydrogens is 450 g/mol. The van der Waals surface area contributed by atoms with Gasteiger partial charge < -0.3 is 10.1 Å². The first kappa shape index (κ1) is 21.8. The van der Waals surface area contributed by atoms with Gasteiger partial charge in [0.25, 0.3) is 0 Å². The molecule has 8 nitrogen and oxygen atoms in total. The zero-order valence-corrected chi connectivity index (χ0v) is 20.1. The van der Waals surface area contributed by atoms with Crippen LogP contribution in [-0.4, -0.2) is 44.2 Å². The summed E-state index contributed by atoms with van der Waals surface area (Å²) in [6.45, 7) is 3.54. The second kappa shape index (κ2) is 7.63. The van der Waals surface area contributed by atoms with E-state index < -0.39 is 15.6 Å². The summed E-state index contributed by atoms with van der Waals surface area (Å²) in [5, 5.41) is 10.1. The molecule has 0 amide bonds. The normalized spacial score (nSPS) is 21.6. The molecule has 4 aromatic rings. The molecule has 2 aliphatic rings. The fourth-order valence-corrected chi connectivity index (χ4v) is 6.77. The van der Waals surface area contributed by atoms with Crippen molar-refractivity contribution in [2.75, 3.05) is 0 Å². The molecule has 2 fully saturated rings. The van der Waals surface area contributed by atoms with Crippen LogP contribution in [0.1, 0.15) is 63.3 Å². The minimum atomic E-state index is -3.21. The lowest BCUT2D eigenvalue weighted by atomic mass is 9.97. The van der Waals surface area contributed by atoms with Crippen molar-refractivity contribution in [2.24, 2.45) is 0 Å². The van der Waals surface area contributed by atoms with E-state index in [9.17, 15) is 13.5 Å². The average molecular weight is 480 g/mol. The Morgan fingerprint density at radius 3 is 2.56 bits per heavy atom. The number of nitrogens with one attached hydrogen (secondary N) is 2. The summed E-state index contributed by atoms with van der Waals surface area (Å²) < 4.78 is 30.1. The van der Waals surface area contributed by atoms with Gasteiger partial charge in [-0.25, -0.2) is 23.1 Å². The van der Waals surface area contributed by atoms with E-state index in [1.807, 2.05) is 42.7 Å². The first-order valence-electron chi connectivity index (χ1n) is 11.9. The van der Waals surface area contributed by atoms with Crippen molar-refractivity contribution in [3.63, 3.8) is 0 Å². The summed E-state index contributed by atoms with van der Waals surface area (Å²) in [7, 11) is -3.21. The number of hydrogen-bond donors (Lipinski definition) is 3. The fraction of sp³-hybridized carbons (Fsp3) is 0.440. The maximum absolute atomic E-state index is 12.5. The number of rotatable bonds is 6. The highest BCUT2D eigenvalue weighted by Crippen LogP contribution is 2.39. The number of H-pyrrole nitrogens is 1. The predicted octanol–water partition coefficient (Wildman–Crippen LogP) is 3.82. The van der Waals surface area contributed by atoms with E-state index >= 15 is 0 Å². The largest absolute Gasteiger partial charge is 0.386 e. The zero-order chi connectivity index (χ0) is 23.7. The zero-order valence-electron chi connectivity index (χ0n) is 19.3. The molecule has 9 heteroatoms. The third-order valence-electron chi connectivity index (χ3n) is 7.16. The maximum Gasteiger partial charge on any atom is 0.214 e. The van der Waals surface area contributed by atoms with Crippen LogP contribution in [0.3, 0.4) is 0 Å². The van der Waals surface area contributed by atoms with Gasteiger partial charge in [-0.05, 0) is 57.6 Å². The number of aromatic amines is 1. The molecule has 6 rings (SSSR count). The van der Waals surface area contributed by atoms with Gasteiger partial charge in [-0.15, -0.1) is 0 Å². The Bertz CT molecular complexity index is 1480. The van der Waals surface area contributed by atoms with E-state index in [1.165, 1.54) is 0 Å². The molecule has 2 saturated carbocycles. The molecule has 0 aliphatic heterocycles. The number of sulfonamides is 1. The SMILES string of the molecule is CC(C)(O)c1ccc(-c2nc([C@@H]3CC[C@H](NS(=O)(=O)C4CC4)C3)n3c2cnc2[nH]ccc23)cc1. The number of imidazole rings is 1. The number of nitrogens with zero attached hydrogens (tertiary/aromatic N) is 3. The number of hydrogen-bond acceptors (Lipinski definition) is 5.